The third-order valence-corrected chi connectivity index (χ3v) is 3.30. The molecule has 94 valence electrons. The molecule has 0 fully saturated rings. The van der Waals surface area contributed by atoms with Gasteiger partial charge in [0.25, 0.3) is 0 Å². The molecular formula is C12H17NO3S. The molecule has 1 amide bonds. The zero-order valence-electron chi connectivity index (χ0n) is 9.90. The number of carbonyl (C=O) groups excluding carboxylic acids is 1. The van der Waals surface area contributed by atoms with Crippen molar-refractivity contribution in [1.29, 1.82) is 0 Å². The first-order valence-electron chi connectivity index (χ1n) is 5.92. The van der Waals surface area contributed by atoms with E-state index in [1.807, 2.05) is 10.8 Å². The first-order chi connectivity index (χ1) is 8.29. The Bertz CT molecular complexity index is 378. The van der Waals surface area contributed by atoms with E-state index in [1.165, 1.54) is 0 Å². The molecule has 17 heavy (non-hydrogen) atoms. The van der Waals surface area contributed by atoms with Crippen LogP contribution in [0, 0.1) is 0 Å². The van der Waals surface area contributed by atoms with Gasteiger partial charge in [0.05, 0.1) is 6.54 Å². The van der Waals surface area contributed by atoms with Crippen LogP contribution in [0.15, 0.2) is 10.8 Å². The van der Waals surface area contributed by atoms with Crippen molar-refractivity contribution < 1.29 is 14.3 Å². The first kappa shape index (κ1) is 12.2. The van der Waals surface area contributed by atoms with Gasteiger partial charge in [-0.25, -0.2) is 0 Å². The Labute approximate surface area is 105 Å². The number of rotatable bonds is 5. The highest BCUT2D eigenvalue weighted by atomic mass is 32.1. The van der Waals surface area contributed by atoms with Gasteiger partial charge in [-0.05, 0) is 6.42 Å². The number of unbranched alkanes of at least 4 members (excludes halogenated alkanes) is 1. The number of fused-ring (bicyclic) bond motifs is 1. The SMILES string of the molecule is CCCCC(=O)NCC1COc2cscc2O1. The van der Waals surface area contributed by atoms with E-state index in [0.717, 1.165) is 24.3 Å². The summed E-state index contributed by atoms with van der Waals surface area (Å²) in [4.78, 5) is 11.4. The normalized spacial score (nSPS) is 17.8. The quantitative estimate of drug-likeness (QED) is 0.877. The Kier molecular flexibility index (Phi) is 4.25. The summed E-state index contributed by atoms with van der Waals surface area (Å²) >= 11 is 1.56. The third-order valence-electron chi connectivity index (χ3n) is 2.60. The molecule has 0 aliphatic carbocycles. The molecule has 0 saturated heterocycles. The van der Waals surface area contributed by atoms with Crippen LogP contribution in [0.5, 0.6) is 11.5 Å². The summed E-state index contributed by atoms with van der Waals surface area (Å²) in [6.45, 7) is 3.08. The van der Waals surface area contributed by atoms with Gasteiger partial charge in [-0.2, -0.15) is 0 Å². The van der Waals surface area contributed by atoms with Crippen molar-refractivity contribution in [2.24, 2.45) is 0 Å². The fourth-order valence-corrected chi connectivity index (χ4v) is 2.29. The summed E-state index contributed by atoms with van der Waals surface area (Å²) in [5.74, 6) is 1.68. The summed E-state index contributed by atoms with van der Waals surface area (Å²) in [5.41, 5.74) is 0. The molecule has 4 nitrogen and oxygen atoms in total. The van der Waals surface area contributed by atoms with Gasteiger partial charge >= 0.3 is 0 Å². The summed E-state index contributed by atoms with van der Waals surface area (Å²) in [6, 6.07) is 0. The largest absolute Gasteiger partial charge is 0.485 e. The number of hydrogen-bond donors (Lipinski definition) is 1. The van der Waals surface area contributed by atoms with E-state index < -0.39 is 0 Å². The van der Waals surface area contributed by atoms with Crippen LogP contribution in [0.1, 0.15) is 26.2 Å². The summed E-state index contributed by atoms with van der Waals surface area (Å²) in [5, 5.41) is 6.71. The molecule has 1 aromatic heterocycles. The van der Waals surface area contributed by atoms with Gasteiger partial charge in [0.2, 0.25) is 5.91 Å². The molecule has 0 bridgehead atoms. The second kappa shape index (κ2) is 5.91. The minimum Gasteiger partial charge on any atom is -0.485 e. The Morgan fingerprint density at radius 2 is 2.35 bits per heavy atom. The van der Waals surface area contributed by atoms with Gasteiger partial charge < -0.3 is 14.8 Å². The second-order valence-corrected chi connectivity index (χ2v) is 4.80. The van der Waals surface area contributed by atoms with Gasteiger partial charge in [-0.15, -0.1) is 11.3 Å². The van der Waals surface area contributed by atoms with Crippen LogP contribution in [-0.4, -0.2) is 25.2 Å². The van der Waals surface area contributed by atoms with E-state index >= 15 is 0 Å². The van der Waals surface area contributed by atoms with Gasteiger partial charge in [0, 0.05) is 17.2 Å². The van der Waals surface area contributed by atoms with Gasteiger partial charge in [-0.1, -0.05) is 13.3 Å². The second-order valence-electron chi connectivity index (χ2n) is 4.06. The first-order valence-corrected chi connectivity index (χ1v) is 6.86. The highest BCUT2D eigenvalue weighted by Gasteiger charge is 2.21. The zero-order chi connectivity index (χ0) is 12.1. The standard InChI is InChI=1S/C12H17NO3S/c1-2-3-4-12(14)13-5-9-6-15-10-7-17-8-11(10)16-9/h7-9H,2-6H2,1H3,(H,13,14). The third kappa shape index (κ3) is 3.36. The molecule has 1 aliphatic rings. The van der Waals surface area contributed by atoms with Crippen molar-refractivity contribution in [3.8, 4) is 11.5 Å². The van der Waals surface area contributed by atoms with Gasteiger partial charge in [0.1, 0.15) is 12.7 Å². The molecule has 0 saturated carbocycles. The van der Waals surface area contributed by atoms with Crippen molar-refractivity contribution in [3.63, 3.8) is 0 Å². The minimum atomic E-state index is -0.0809. The van der Waals surface area contributed by atoms with Gasteiger partial charge in [-0.3, -0.25) is 4.79 Å². The van der Waals surface area contributed by atoms with E-state index in [2.05, 4.69) is 12.2 Å². The lowest BCUT2D eigenvalue weighted by Gasteiger charge is -2.24. The van der Waals surface area contributed by atoms with E-state index in [0.29, 0.717) is 19.6 Å². The van der Waals surface area contributed by atoms with Crippen LogP contribution in [0.3, 0.4) is 0 Å². The number of hydrogen-bond acceptors (Lipinski definition) is 4. The summed E-state index contributed by atoms with van der Waals surface area (Å²) in [6.07, 6.45) is 2.48. The summed E-state index contributed by atoms with van der Waals surface area (Å²) in [7, 11) is 0. The van der Waals surface area contributed by atoms with Crippen molar-refractivity contribution in [2.45, 2.75) is 32.3 Å². The predicted molar refractivity (Wildman–Crippen MR) is 66.8 cm³/mol. The van der Waals surface area contributed by atoms with Crippen LogP contribution in [0.2, 0.25) is 0 Å². The van der Waals surface area contributed by atoms with Crippen molar-refractivity contribution in [2.75, 3.05) is 13.2 Å². The molecule has 0 spiro atoms. The molecule has 0 radical (unpaired) electrons. The monoisotopic (exact) mass is 255 g/mol. The lowest BCUT2D eigenvalue weighted by atomic mass is 10.2. The smallest absolute Gasteiger partial charge is 0.220 e. The Balaban J connectivity index is 1.73. The topological polar surface area (TPSA) is 47.6 Å². The Morgan fingerprint density at radius 1 is 1.53 bits per heavy atom. The average Bonchev–Trinajstić information content (AvgIpc) is 2.81. The molecule has 2 heterocycles. The average molecular weight is 255 g/mol. The van der Waals surface area contributed by atoms with Gasteiger partial charge in [0.15, 0.2) is 11.5 Å². The molecular weight excluding hydrogens is 238 g/mol. The molecule has 5 heteroatoms. The van der Waals surface area contributed by atoms with Crippen molar-refractivity contribution >= 4 is 17.2 Å². The maximum Gasteiger partial charge on any atom is 0.220 e. The number of nitrogens with one attached hydrogen (secondary N) is 1. The van der Waals surface area contributed by atoms with Crippen LogP contribution >= 0.6 is 11.3 Å². The molecule has 1 aliphatic heterocycles. The number of carbonyl (C=O) groups is 1. The molecule has 1 aromatic rings. The summed E-state index contributed by atoms with van der Waals surface area (Å²) < 4.78 is 11.2. The van der Waals surface area contributed by atoms with Crippen LogP contribution in [0.4, 0.5) is 0 Å². The van der Waals surface area contributed by atoms with E-state index in [9.17, 15) is 4.79 Å². The number of ether oxygens (including phenoxy) is 2. The highest BCUT2D eigenvalue weighted by molar-refractivity contribution is 7.08. The van der Waals surface area contributed by atoms with Crippen LogP contribution in [0.25, 0.3) is 0 Å². The fraction of sp³-hybridized carbons (Fsp3) is 0.583. The molecule has 1 unspecified atom stereocenters. The fourth-order valence-electron chi connectivity index (χ4n) is 1.62. The maximum atomic E-state index is 11.4. The number of amides is 1. The van der Waals surface area contributed by atoms with E-state index in [1.54, 1.807) is 11.3 Å². The van der Waals surface area contributed by atoms with E-state index in [-0.39, 0.29) is 12.0 Å². The van der Waals surface area contributed by atoms with E-state index in [4.69, 9.17) is 9.47 Å². The molecule has 1 N–H and O–H groups in total. The minimum absolute atomic E-state index is 0.0809. The maximum absolute atomic E-state index is 11.4. The lowest BCUT2D eigenvalue weighted by Crippen LogP contribution is -2.40. The predicted octanol–water partition coefficient (Wildman–Crippen LogP) is 2.19. The lowest BCUT2D eigenvalue weighted by molar-refractivity contribution is -0.121. The number of thiophene rings is 1. The molecule has 0 aromatic carbocycles. The van der Waals surface area contributed by atoms with Crippen molar-refractivity contribution in [1.82, 2.24) is 5.32 Å². The van der Waals surface area contributed by atoms with Crippen LogP contribution in [-0.2, 0) is 4.79 Å². The molecule has 2 rings (SSSR count). The van der Waals surface area contributed by atoms with Crippen LogP contribution < -0.4 is 14.8 Å². The highest BCUT2D eigenvalue weighted by Crippen LogP contribution is 2.34. The Morgan fingerprint density at radius 3 is 3.18 bits per heavy atom. The van der Waals surface area contributed by atoms with Crippen molar-refractivity contribution in [3.05, 3.63) is 10.8 Å². The molecule has 1 atom stereocenters. The Hall–Kier alpha value is -1.23. The zero-order valence-corrected chi connectivity index (χ0v) is 10.7.